The topological polar surface area (TPSA) is 341 Å². The number of aromatic nitrogens is 8. The third-order valence-electron chi connectivity index (χ3n) is 20.6. The molecule has 3 saturated carbocycles. The van der Waals surface area contributed by atoms with Crippen molar-refractivity contribution in [3.05, 3.63) is 158 Å². The van der Waals surface area contributed by atoms with E-state index in [1.54, 1.807) is 59.6 Å². The summed E-state index contributed by atoms with van der Waals surface area (Å²) < 4.78 is 33.9. The fourth-order valence-corrected chi connectivity index (χ4v) is 16.4. The Balaban J connectivity index is 0.000000161. The molecule has 3 aliphatic carbocycles. The number of aryl methyl sites for hydroxylation is 1. The highest BCUT2D eigenvalue weighted by Crippen LogP contribution is 2.52. The van der Waals surface area contributed by atoms with Crippen LogP contribution in [0, 0.1) is 0 Å². The molecule has 3 aliphatic heterocycles. The predicted molar refractivity (Wildman–Crippen MR) is 449 cm³/mol. The van der Waals surface area contributed by atoms with E-state index in [4.69, 9.17) is 103 Å². The van der Waals surface area contributed by atoms with Crippen molar-refractivity contribution in [2.45, 2.75) is 127 Å². The Labute approximate surface area is 699 Å². The number of halogens is 6. The van der Waals surface area contributed by atoms with Crippen LogP contribution in [0.2, 0.25) is 30.1 Å². The van der Waals surface area contributed by atoms with Crippen LogP contribution >= 0.6 is 69.6 Å². The van der Waals surface area contributed by atoms with Gasteiger partial charge in [0.15, 0.2) is 5.78 Å². The van der Waals surface area contributed by atoms with Crippen molar-refractivity contribution in [3.8, 4) is 45.6 Å². The second-order valence-corrected chi connectivity index (χ2v) is 29.9. The summed E-state index contributed by atoms with van der Waals surface area (Å²) in [5.41, 5.74) is 6.10. The number of benzene rings is 4. The average Bonchev–Trinajstić information content (AvgIpc) is 0.849. The summed E-state index contributed by atoms with van der Waals surface area (Å²) in [4.78, 5) is 112. The molecule has 31 nitrogen and oxygen atoms in total. The number of amides is 8. The maximum atomic E-state index is 14.0. The number of allylic oxidation sites excluding steroid dienone is 1. The maximum absolute atomic E-state index is 14.0. The van der Waals surface area contributed by atoms with E-state index in [-0.39, 0.29) is 127 Å². The van der Waals surface area contributed by atoms with Crippen LogP contribution in [0.5, 0.6) is 34.5 Å². The summed E-state index contributed by atoms with van der Waals surface area (Å²) in [5.74, 6) is 3.81. The molecule has 610 valence electrons. The number of carbonyl (C=O) groups excluding carboxylic acids is 6. The van der Waals surface area contributed by atoms with Crippen LogP contribution < -0.4 is 84.8 Å². The van der Waals surface area contributed by atoms with E-state index in [1.807, 2.05) is 31.4 Å². The molecule has 8 amide bonds. The van der Waals surface area contributed by atoms with Gasteiger partial charge in [0, 0.05) is 122 Å². The second kappa shape index (κ2) is 37.2. The van der Waals surface area contributed by atoms with Gasteiger partial charge < -0.3 is 55.0 Å². The van der Waals surface area contributed by atoms with E-state index in [9.17, 15) is 28.8 Å². The van der Waals surface area contributed by atoms with Crippen molar-refractivity contribution in [1.82, 2.24) is 50.3 Å². The third kappa shape index (κ3) is 18.0. The van der Waals surface area contributed by atoms with E-state index in [0.29, 0.717) is 86.3 Å². The number of nitrogens with one attached hydrogen (secondary N) is 6. The summed E-state index contributed by atoms with van der Waals surface area (Å²) in [6.07, 6.45) is 22.9. The molecule has 14 rings (SSSR count). The first-order valence-corrected chi connectivity index (χ1v) is 39.2. The van der Waals surface area contributed by atoms with Crippen molar-refractivity contribution in [1.29, 1.82) is 0 Å². The number of anilines is 10. The lowest BCUT2D eigenvalue weighted by Crippen LogP contribution is -2.54. The predicted octanol–water partition coefficient (Wildman–Crippen LogP) is 15.5. The van der Waals surface area contributed by atoms with Crippen LogP contribution in [0.25, 0.3) is 11.1 Å². The molecule has 8 aromatic rings. The number of ketones is 1. The molecule has 116 heavy (non-hydrogen) atoms. The fraction of sp³-hybridized carbons (Fsp3) is 0.354. The number of methoxy groups -OCH3 is 6. The molecule has 37 heteroatoms. The summed E-state index contributed by atoms with van der Waals surface area (Å²) in [6.45, 7) is 11.1. The molecular weight excluding hydrogens is 1620 g/mol. The molecule has 0 spiro atoms. The molecule has 4 atom stereocenters. The first kappa shape index (κ1) is 84.3. The average molecular weight is 1710 g/mol. The molecule has 4 unspecified atom stereocenters. The number of urea groups is 3. The zero-order chi connectivity index (χ0) is 82.9. The molecule has 0 bridgehead atoms. The van der Waals surface area contributed by atoms with Gasteiger partial charge in [-0.3, -0.25) is 48.9 Å². The summed E-state index contributed by atoms with van der Waals surface area (Å²) in [7, 11) is 12.3. The van der Waals surface area contributed by atoms with Gasteiger partial charge in [-0.05, 0) is 80.4 Å². The molecule has 0 radical (unpaired) electrons. The Kier molecular flexibility index (Phi) is 27.1. The van der Waals surface area contributed by atoms with Crippen LogP contribution in [0.3, 0.4) is 0 Å². The zero-order valence-electron chi connectivity index (χ0n) is 64.7. The van der Waals surface area contributed by atoms with Gasteiger partial charge >= 0.3 is 18.1 Å². The highest BCUT2D eigenvalue weighted by molar-refractivity contribution is 6.44. The fourth-order valence-electron chi connectivity index (χ4n) is 14.3. The van der Waals surface area contributed by atoms with Gasteiger partial charge in [-0.2, -0.15) is 20.1 Å². The normalized spacial score (nSPS) is 17.5. The van der Waals surface area contributed by atoms with E-state index in [0.717, 1.165) is 92.9 Å². The Bertz CT molecular complexity index is 5070. The smallest absolute Gasteiger partial charge is 0.330 e. The van der Waals surface area contributed by atoms with Crippen LogP contribution in [0.15, 0.2) is 105 Å². The zero-order valence-corrected chi connectivity index (χ0v) is 69.2. The Hall–Kier alpha value is -11.1. The van der Waals surface area contributed by atoms with E-state index >= 15 is 0 Å². The quantitative estimate of drug-likeness (QED) is 0.0306. The Morgan fingerprint density at radius 1 is 0.509 bits per heavy atom. The molecule has 6 N–H and O–H groups in total. The second-order valence-electron chi connectivity index (χ2n) is 27.6. The molecular formula is C79H85Cl6N19O12. The summed E-state index contributed by atoms with van der Waals surface area (Å²) in [5, 5.41) is 24.1. The van der Waals surface area contributed by atoms with Crippen LogP contribution in [-0.2, 0) is 47.5 Å². The van der Waals surface area contributed by atoms with Gasteiger partial charge in [-0.1, -0.05) is 127 Å². The lowest BCUT2D eigenvalue weighted by molar-refractivity contribution is -0.118. The minimum absolute atomic E-state index is 0.00108. The van der Waals surface area contributed by atoms with Gasteiger partial charge in [0.05, 0.1) is 85.6 Å². The minimum Gasteiger partial charge on any atom is -0.495 e. The van der Waals surface area contributed by atoms with E-state index in [2.05, 4.69) is 81.7 Å². The Morgan fingerprint density at radius 2 is 0.948 bits per heavy atom. The number of fused-ring (bicyclic) bond motifs is 3. The number of hydrogen-bond donors (Lipinski definition) is 6. The number of rotatable bonds is 24. The number of carbonyl (C=O) groups is 6. The molecule has 7 heterocycles. The van der Waals surface area contributed by atoms with Gasteiger partial charge in [0.2, 0.25) is 29.7 Å². The van der Waals surface area contributed by atoms with Crippen molar-refractivity contribution in [2.75, 3.05) is 95.5 Å². The largest absolute Gasteiger partial charge is 0.495 e. The first-order valence-electron chi connectivity index (χ1n) is 36.9. The minimum atomic E-state index is -0.463. The van der Waals surface area contributed by atoms with Crippen LogP contribution in [0.1, 0.15) is 92.9 Å². The van der Waals surface area contributed by atoms with Crippen LogP contribution in [-0.4, -0.2) is 155 Å². The van der Waals surface area contributed by atoms with Crippen molar-refractivity contribution in [2.24, 2.45) is 7.05 Å². The summed E-state index contributed by atoms with van der Waals surface area (Å²) in [6, 6.07) is 9.06. The Morgan fingerprint density at radius 3 is 1.41 bits per heavy atom. The number of hydrogen-bond acceptors (Lipinski definition) is 22. The van der Waals surface area contributed by atoms with Crippen molar-refractivity contribution in [3.63, 3.8) is 0 Å². The SMILES string of the molecule is C=CC(=O)Cc1ccc(-c2cnn(C)c2)cc1Nc1ncc2c(n1)N(C)C(=O)N(c1c(Cl)c(OC)cc(OC)c1Cl)C2.C=CC(=O)NC1CCCCC1Nc1ncc2c(n1)N(C1CCC1)C(=O)N(c1c(Cl)c(OC)cc(OC)c1Cl)C2.C=CC(=O)NC1CCCCC1Nc1ncc2c(n1)NC(=O)N(c1c(Cl)c(OC)cc(OC)c1Cl)C2. The lowest BCUT2D eigenvalue weighted by Gasteiger charge is -2.44. The van der Waals surface area contributed by atoms with Crippen LogP contribution in [0.4, 0.5) is 72.4 Å². The monoisotopic (exact) mass is 1700 g/mol. The molecule has 3 fully saturated rings. The van der Waals surface area contributed by atoms with E-state index < -0.39 is 12.1 Å². The van der Waals surface area contributed by atoms with E-state index in [1.165, 1.54) is 80.5 Å². The molecule has 4 aromatic carbocycles. The van der Waals surface area contributed by atoms with Gasteiger partial charge in [-0.25, -0.2) is 29.3 Å². The highest BCUT2D eigenvalue weighted by atomic mass is 35.5. The third-order valence-corrected chi connectivity index (χ3v) is 22.8. The number of ether oxygens (including phenoxy) is 6. The summed E-state index contributed by atoms with van der Waals surface area (Å²) >= 11 is 39.6. The van der Waals surface area contributed by atoms with Gasteiger partial charge in [-0.15, -0.1) is 0 Å². The van der Waals surface area contributed by atoms with Gasteiger partial charge in [0.1, 0.15) is 82.1 Å². The molecule has 4 aromatic heterocycles. The highest BCUT2D eigenvalue weighted by Gasteiger charge is 2.43. The lowest BCUT2D eigenvalue weighted by atomic mass is 9.90. The van der Waals surface area contributed by atoms with Crippen molar-refractivity contribution >= 4 is 163 Å². The standard InChI is InChI=1S/C29H27Cl2N7O4.C27H32Cl2N6O4.C23H26Cl2N6O4/c1-6-20(39)9-17-8-7-16(18-13-33-36(2)14-18)10-21(17)34-28-32-12-19-15-38(29(40)37(3)27(19)35-28)26-24(30)22(41-4)11-23(42-5)25(26)31;1-4-21(36)31-17-10-5-6-11-18(17)32-26-30-13-15-14-34(27(37)35(25(15)33-26)16-8-7-9-16)24-22(28)19(38-2)12-20(39-3)23(24)29;1-4-17(32)27-13-7-5-6-8-14(13)28-22-26-10-12-11-31(23(33)30-21(12)29-22)20-18(24)15(34-2)9-16(35-3)19(20)25/h6-8,10-14H,1,9,15H2,2-5H3,(H,32,34,35);4,12-13,16-18H,1,5-11,14H2,2-3H3,(H,31,36)(H,30,32,33);4,9-10,13-14H,1,5-8,11H2,2-3H3,(H,27,32)(H2,26,28,29,30,33). The maximum Gasteiger partial charge on any atom is 0.330 e. The first-order chi connectivity index (χ1) is 55.9. The number of nitrogens with zero attached hydrogens (tertiary/aromatic N) is 13. The van der Waals surface area contributed by atoms with Crippen molar-refractivity contribution < 1.29 is 57.2 Å². The molecule has 6 aliphatic rings. The molecule has 0 saturated heterocycles. The van der Waals surface area contributed by atoms with Gasteiger partial charge in [0.25, 0.3) is 0 Å².